The summed E-state index contributed by atoms with van der Waals surface area (Å²) in [7, 11) is 1.69. The van der Waals surface area contributed by atoms with Crippen LogP contribution in [0.25, 0.3) is 22.2 Å². The Kier molecular flexibility index (Phi) is 7.06. The lowest BCUT2D eigenvalue weighted by molar-refractivity contribution is 0.299. The number of aliphatic hydroxyl groups is 1. The average Bonchev–Trinajstić information content (AvgIpc) is 3.20. The third-order valence-electron chi connectivity index (χ3n) is 6.66. The molecule has 0 saturated carbocycles. The molecule has 0 aliphatic carbocycles. The van der Waals surface area contributed by atoms with Crippen LogP contribution >= 0.6 is 0 Å². The number of ether oxygens (including phenoxy) is 2. The van der Waals surface area contributed by atoms with E-state index in [1.165, 1.54) is 27.7 Å². The van der Waals surface area contributed by atoms with Gasteiger partial charge in [-0.15, -0.1) is 0 Å². The number of nitrogens with zero attached hydrogens (tertiary/aromatic N) is 1. The van der Waals surface area contributed by atoms with Crippen LogP contribution in [0.3, 0.4) is 0 Å². The standard InChI is InChI=1S/C32H31NO3/c1-23-30-20-29(36-22-26-6-4-3-5-7-26)16-17-31(30)33(21-25-10-8-24(9-11-25)18-19-34)32(23)27-12-14-28(35-2)15-13-27/h3-17,20,34H,18-19,21-22H2,1-2H3. The highest BCUT2D eigenvalue weighted by Gasteiger charge is 2.17. The van der Waals surface area contributed by atoms with Crippen molar-refractivity contribution in [3.63, 3.8) is 0 Å². The number of rotatable bonds is 9. The van der Waals surface area contributed by atoms with Crippen LogP contribution < -0.4 is 9.47 Å². The molecule has 182 valence electrons. The fraction of sp³-hybridized carbons (Fsp3) is 0.188. The monoisotopic (exact) mass is 477 g/mol. The Labute approximate surface area is 212 Å². The van der Waals surface area contributed by atoms with Gasteiger partial charge in [-0.3, -0.25) is 0 Å². The van der Waals surface area contributed by atoms with E-state index in [1.54, 1.807) is 7.11 Å². The molecule has 0 unspecified atom stereocenters. The van der Waals surface area contributed by atoms with Crippen LogP contribution in [0.15, 0.2) is 97.1 Å². The van der Waals surface area contributed by atoms with Crippen molar-refractivity contribution in [3.8, 4) is 22.8 Å². The molecule has 0 amide bonds. The fourth-order valence-electron chi connectivity index (χ4n) is 4.74. The van der Waals surface area contributed by atoms with Gasteiger partial charge >= 0.3 is 0 Å². The molecular weight excluding hydrogens is 446 g/mol. The topological polar surface area (TPSA) is 43.6 Å². The Hall–Kier alpha value is -4.02. The maximum atomic E-state index is 9.25. The summed E-state index contributed by atoms with van der Waals surface area (Å²) in [6, 6.07) is 33.4. The van der Waals surface area contributed by atoms with Gasteiger partial charge in [0.2, 0.25) is 0 Å². The van der Waals surface area contributed by atoms with E-state index in [1.807, 2.05) is 30.3 Å². The zero-order valence-corrected chi connectivity index (χ0v) is 20.8. The lowest BCUT2D eigenvalue weighted by Gasteiger charge is -2.13. The normalized spacial score (nSPS) is 11.1. The summed E-state index contributed by atoms with van der Waals surface area (Å²) >= 11 is 0. The highest BCUT2D eigenvalue weighted by molar-refractivity contribution is 5.92. The fourth-order valence-corrected chi connectivity index (χ4v) is 4.74. The van der Waals surface area contributed by atoms with Crippen molar-refractivity contribution in [2.24, 2.45) is 0 Å². The van der Waals surface area contributed by atoms with Crippen LogP contribution in [0.5, 0.6) is 11.5 Å². The molecule has 0 spiro atoms. The second kappa shape index (κ2) is 10.7. The largest absolute Gasteiger partial charge is 0.497 e. The zero-order chi connectivity index (χ0) is 24.9. The Bertz CT molecular complexity index is 1440. The van der Waals surface area contributed by atoms with Gasteiger partial charge in [-0.05, 0) is 83.6 Å². The van der Waals surface area contributed by atoms with E-state index in [9.17, 15) is 5.11 Å². The number of aryl methyl sites for hydroxylation is 1. The van der Waals surface area contributed by atoms with Gasteiger partial charge in [0.25, 0.3) is 0 Å². The van der Waals surface area contributed by atoms with E-state index in [4.69, 9.17) is 9.47 Å². The van der Waals surface area contributed by atoms with E-state index in [0.717, 1.165) is 34.7 Å². The summed E-state index contributed by atoms with van der Waals surface area (Å²) in [4.78, 5) is 0. The van der Waals surface area contributed by atoms with Crippen molar-refractivity contribution in [3.05, 3.63) is 119 Å². The number of hydrogen-bond acceptors (Lipinski definition) is 3. The first-order valence-corrected chi connectivity index (χ1v) is 12.3. The van der Waals surface area contributed by atoms with Crippen molar-refractivity contribution in [2.75, 3.05) is 13.7 Å². The molecule has 0 saturated heterocycles. The third-order valence-corrected chi connectivity index (χ3v) is 6.66. The number of benzene rings is 4. The van der Waals surface area contributed by atoms with E-state index < -0.39 is 0 Å². The van der Waals surface area contributed by atoms with Crippen LogP contribution in [0.4, 0.5) is 0 Å². The van der Waals surface area contributed by atoms with E-state index in [2.05, 4.69) is 78.2 Å². The molecule has 4 nitrogen and oxygen atoms in total. The van der Waals surface area contributed by atoms with Gasteiger partial charge in [0.05, 0.1) is 12.8 Å². The molecule has 4 aromatic carbocycles. The van der Waals surface area contributed by atoms with Gasteiger partial charge in [-0.1, -0.05) is 54.6 Å². The first-order chi connectivity index (χ1) is 17.7. The van der Waals surface area contributed by atoms with Crippen molar-refractivity contribution < 1.29 is 14.6 Å². The molecule has 1 aromatic heterocycles. The number of fused-ring (bicyclic) bond motifs is 1. The first-order valence-electron chi connectivity index (χ1n) is 12.3. The lowest BCUT2D eigenvalue weighted by atomic mass is 10.1. The summed E-state index contributed by atoms with van der Waals surface area (Å²) < 4.78 is 13.9. The second-order valence-electron chi connectivity index (χ2n) is 9.03. The number of aromatic nitrogens is 1. The Morgan fingerprint density at radius 2 is 1.44 bits per heavy atom. The predicted octanol–water partition coefficient (Wildman–Crippen LogP) is 6.79. The zero-order valence-electron chi connectivity index (χ0n) is 20.8. The summed E-state index contributed by atoms with van der Waals surface area (Å²) in [6.45, 7) is 3.63. The van der Waals surface area contributed by atoms with Crippen molar-refractivity contribution in [1.82, 2.24) is 4.57 Å². The van der Waals surface area contributed by atoms with E-state index in [0.29, 0.717) is 13.0 Å². The molecule has 0 aliphatic heterocycles. The van der Waals surface area contributed by atoms with Crippen molar-refractivity contribution in [2.45, 2.75) is 26.5 Å². The smallest absolute Gasteiger partial charge is 0.120 e. The SMILES string of the molecule is COc1ccc(-c2c(C)c3cc(OCc4ccccc4)ccc3n2Cc2ccc(CCO)cc2)cc1. The minimum Gasteiger partial charge on any atom is -0.497 e. The van der Waals surface area contributed by atoms with Gasteiger partial charge in [0, 0.05) is 24.1 Å². The summed E-state index contributed by atoms with van der Waals surface area (Å²) in [6.07, 6.45) is 0.675. The molecule has 0 aliphatic rings. The minimum absolute atomic E-state index is 0.164. The number of hydrogen-bond donors (Lipinski definition) is 1. The summed E-state index contributed by atoms with van der Waals surface area (Å²) in [5.74, 6) is 1.70. The van der Waals surface area contributed by atoms with Crippen LogP contribution in [0.2, 0.25) is 0 Å². The van der Waals surface area contributed by atoms with Gasteiger partial charge in [-0.2, -0.15) is 0 Å². The van der Waals surface area contributed by atoms with Crippen molar-refractivity contribution in [1.29, 1.82) is 0 Å². The molecule has 0 bridgehead atoms. The maximum Gasteiger partial charge on any atom is 0.120 e. The lowest BCUT2D eigenvalue weighted by Crippen LogP contribution is -2.03. The molecular formula is C32H31NO3. The molecule has 1 heterocycles. The quantitative estimate of drug-likeness (QED) is 0.254. The molecule has 5 rings (SSSR count). The van der Waals surface area contributed by atoms with Gasteiger partial charge in [-0.25, -0.2) is 0 Å². The number of aliphatic hydroxyl groups excluding tert-OH is 1. The Morgan fingerprint density at radius 3 is 2.14 bits per heavy atom. The molecule has 4 heteroatoms. The van der Waals surface area contributed by atoms with Crippen LogP contribution in [-0.4, -0.2) is 23.4 Å². The van der Waals surface area contributed by atoms with Gasteiger partial charge in [0.1, 0.15) is 18.1 Å². The molecule has 1 N–H and O–H groups in total. The van der Waals surface area contributed by atoms with E-state index >= 15 is 0 Å². The minimum atomic E-state index is 0.164. The van der Waals surface area contributed by atoms with Gasteiger partial charge in [0.15, 0.2) is 0 Å². The Morgan fingerprint density at radius 1 is 0.750 bits per heavy atom. The van der Waals surface area contributed by atoms with Gasteiger partial charge < -0.3 is 19.1 Å². The Balaban J connectivity index is 1.54. The molecule has 5 aromatic rings. The van der Waals surface area contributed by atoms with Crippen molar-refractivity contribution >= 4 is 10.9 Å². The molecule has 0 fully saturated rings. The van der Waals surface area contributed by atoms with Crippen LogP contribution in [-0.2, 0) is 19.6 Å². The summed E-state index contributed by atoms with van der Waals surface area (Å²) in [5.41, 5.74) is 8.23. The van der Waals surface area contributed by atoms with E-state index in [-0.39, 0.29) is 6.61 Å². The number of methoxy groups -OCH3 is 1. The highest BCUT2D eigenvalue weighted by atomic mass is 16.5. The van der Waals surface area contributed by atoms with Crippen LogP contribution in [0.1, 0.15) is 22.3 Å². The first kappa shape index (κ1) is 23.7. The molecule has 0 atom stereocenters. The third kappa shape index (κ3) is 5.00. The second-order valence-corrected chi connectivity index (χ2v) is 9.03. The van der Waals surface area contributed by atoms with Crippen LogP contribution in [0, 0.1) is 6.92 Å². The highest BCUT2D eigenvalue weighted by Crippen LogP contribution is 2.36. The average molecular weight is 478 g/mol. The molecule has 0 radical (unpaired) electrons. The maximum absolute atomic E-state index is 9.25. The predicted molar refractivity (Wildman–Crippen MR) is 146 cm³/mol. The summed E-state index contributed by atoms with van der Waals surface area (Å²) in [5, 5.41) is 10.4. The molecule has 36 heavy (non-hydrogen) atoms.